The van der Waals surface area contributed by atoms with E-state index in [4.69, 9.17) is 5.73 Å². The number of rotatable bonds is 7. The zero-order valence-corrected chi connectivity index (χ0v) is 11.9. The first-order valence-corrected chi connectivity index (χ1v) is 7.08. The molecule has 1 saturated carbocycles. The normalized spacial score (nSPS) is 14.2. The average molecular weight is 279 g/mol. The first-order chi connectivity index (χ1) is 9.63. The summed E-state index contributed by atoms with van der Waals surface area (Å²) < 4.78 is 13.9. The second kappa shape index (κ2) is 6.70. The van der Waals surface area contributed by atoms with E-state index in [1.54, 1.807) is 28.0 Å². The lowest BCUT2D eigenvalue weighted by Gasteiger charge is -2.27. The maximum atomic E-state index is 13.9. The summed E-state index contributed by atoms with van der Waals surface area (Å²) in [6.07, 6.45) is 2.88. The number of likely N-dealkylation sites (N-methyl/N-ethyl adjacent to an activating group) is 1. The molecule has 1 aliphatic carbocycles. The van der Waals surface area contributed by atoms with Crippen LogP contribution in [0.5, 0.6) is 0 Å². The molecule has 4 nitrogen and oxygen atoms in total. The first kappa shape index (κ1) is 14.8. The van der Waals surface area contributed by atoms with E-state index in [9.17, 15) is 9.18 Å². The predicted octanol–water partition coefficient (Wildman–Crippen LogP) is 1.60. The lowest BCUT2D eigenvalue weighted by Crippen LogP contribution is -2.40. The second-order valence-corrected chi connectivity index (χ2v) is 5.25. The summed E-state index contributed by atoms with van der Waals surface area (Å²) in [5.74, 6) is -0.265. The summed E-state index contributed by atoms with van der Waals surface area (Å²) in [5, 5.41) is 0. The number of amides is 1. The van der Waals surface area contributed by atoms with E-state index in [1.807, 2.05) is 7.05 Å². The number of nitrogens with two attached hydrogens (primary N) is 1. The second-order valence-electron chi connectivity index (χ2n) is 5.25. The van der Waals surface area contributed by atoms with Crippen LogP contribution in [0.15, 0.2) is 24.3 Å². The Morgan fingerprint density at radius 1 is 1.40 bits per heavy atom. The van der Waals surface area contributed by atoms with Crippen LogP contribution in [0.2, 0.25) is 0 Å². The van der Waals surface area contributed by atoms with Crippen molar-refractivity contribution in [3.8, 4) is 0 Å². The molecule has 1 fully saturated rings. The van der Waals surface area contributed by atoms with E-state index in [1.165, 1.54) is 6.07 Å². The zero-order chi connectivity index (χ0) is 14.5. The third-order valence-electron chi connectivity index (χ3n) is 3.64. The Hall–Kier alpha value is -1.62. The Morgan fingerprint density at radius 2 is 2.10 bits per heavy atom. The van der Waals surface area contributed by atoms with Crippen molar-refractivity contribution in [2.45, 2.75) is 25.3 Å². The molecule has 1 aliphatic rings. The van der Waals surface area contributed by atoms with E-state index in [0.717, 1.165) is 19.3 Å². The standard InChI is InChI=1S/C15H22FN3O/c1-18(12-7-8-12)15(20)11-19(10-4-9-17)14-6-3-2-5-13(14)16/h2-3,5-6,12H,4,7-11,17H2,1H3. The maximum absolute atomic E-state index is 13.9. The highest BCUT2D eigenvalue weighted by molar-refractivity contribution is 5.81. The highest BCUT2D eigenvalue weighted by Crippen LogP contribution is 2.26. The van der Waals surface area contributed by atoms with Gasteiger partial charge in [-0.05, 0) is 37.9 Å². The van der Waals surface area contributed by atoms with E-state index >= 15 is 0 Å². The van der Waals surface area contributed by atoms with Gasteiger partial charge in [0.2, 0.25) is 5.91 Å². The number of carbonyl (C=O) groups excluding carboxylic acids is 1. The molecule has 0 aliphatic heterocycles. The van der Waals surface area contributed by atoms with E-state index in [2.05, 4.69) is 0 Å². The number of anilines is 1. The van der Waals surface area contributed by atoms with Crippen LogP contribution in [-0.4, -0.2) is 43.5 Å². The molecule has 0 unspecified atom stereocenters. The van der Waals surface area contributed by atoms with Gasteiger partial charge in [0.15, 0.2) is 0 Å². The predicted molar refractivity (Wildman–Crippen MR) is 78.1 cm³/mol. The third kappa shape index (κ3) is 3.70. The number of benzene rings is 1. The average Bonchev–Trinajstić information content (AvgIpc) is 3.27. The zero-order valence-electron chi connectivity index (χ0n) is 11.9. The van der Waals surface area contributed by atoms with Gasteiger partial charge in [0.05, 0.1) is 12.2 Å². The molecule has 110 valence electrons. The highest BCUT2D eigenvalue weighted by atomic mass is 19.1. The minimum atomic E-state index is -0.300. The third-order valence-corrected chi connectivity index (χ3v) is 3.64. The van der Waals surface area contributed by atoms with Crippen LogP contribution in [0.1, 0.15) is 19.3 Å². The molecule has 20 heavy (non-hydrogen) atoms. The summed E-state index contributed by atoms with van der Waals surface area (Å²) >= 11 is 0. The fourth-order valence-electron chi connectivity index (χ4n) is 2.22. The molecule has 2 N–H and O–H groups in total. The van der Waals surface area contributed by atoms with E-state index < -0.39 is 0 Å². The van der Waals surface area contributed by atoms with Gasteiger partial charge in [0.1, 0.15) is 5.82 Å². The van der Waals surface area contributed by atoms with Crippen molar-refractivity contribution in [1.29, 1.82) is 0 Å². The highest BCUT2D eigenvalue weighted by Gasteiger charge is 2.30. The quantitative estimate of drug-likeness (QED) is 0.825. The van der Waals surface area contributed by atoms with Gasteiger partial charge in [-0.25, -0.2) is 4.39 Å². The van der Waals surface area contributed by atoms with Crippen molar-refractivity contribution >= 4 is 11.6 Å². The van der Waals surface area contributed by atoms with Gasteiger partial charge in [-0.2, -0.15) is 0 Å². The number of para-hydroxylation sites is 1. The van der Waals surface area contributed by atoms with Crippen molar-refractivity contribution in [1.82, 2.24) is 4.90 Å². The van der Waals surface area contributed by atoms with Crippen LogP contribution in [0.3, 0.4) is 0 Å². The fraction of sp³-hybridized carbons (Fsp3) is 0.533. The molecule has 2 rings (SSSR count). The molecule has 1 amide bonds. The Kier molecular flexibility index (Phi) is 4.95. The Labute approximate surface area is 119 Å². The van der Waals surface area contributed by atoms with Crippen molar-refractivity contribution in [2.24, 2.45) is 5.73 Å². The minimum absolute atomic E-state index is 0.0350. The minimum Gasteiger partial charge on any atom is -0.360 e. The monoisotopic (exact) mass is 279 g/mol. The van der Waals surface area contributed by atoms with Crippen LogP contribution in [0.4, 0.5) is 10.1 Å². The number of hydrogen-bond donors (Lipinski definition) is 1. The first-order valence-electron chi connectivity index (χ1n) is 7.08. The van der Waals surface area contributed by atoms with Crippen molar-refractivity contribution < 1.29 is 9.18 Å². The number of nitrogens with zero attached hydrogens (tertiary/aromatic N) is 2. The van der Waals surface area contributed by atoms with E-state index in [0.29, 0.717) is 24.8 Å². The van der Waals surface area contributed by atoms with Crippen molar-refractivity contribution in [2.75, 3.05) is 31.6 Å². The molecule has 5 heteroatoms. The lowest BCUT2D eigenvalue weighted by atomic mass is 10.2. The number of halogens is 1. The molecular weight excluding hydrogens is 257 g/mol. The van der Waals surface area contributed by atoms with Crippen molar-refractivity contribution in [3.63, 3.8) is 0 Å². The number of carbonyl (C=O) groups is 1. The SMILES string of the molecule is CN(C(=O)CN(CCCN)c1ccccc1F)C1CC1. The van der Waals surface area contributed by atoms with Crippen LogP contribution in [0, 0.1) is 5.82 Å². The molecule has 0 atom stereocenters. The van der Waals surface area contributed by atoms with Gasteiger partial charge in [-0.3, -0.25) is 4.79 Å². The van der Waals surface area contributed by atoms with Crippen LogP contribution >= 0.6 is 0 Å². The van der Waals surface area contributed by atoms with Gasteiger partial charge >= 0.3 is 0 Å². The van der Waals surface area contributed by atoms with Gasteiger partial charge in [0.25, 0.3) is 0 Å². The van der Waals surface area contributed by atoms with Gasteiger partial charge in [-0.1, -0.05) is 12.1 Å². The summed E-state index contributed by atoms with van der Waals surface area (Å²) in [6, 6.07) is 6.93. The van der Waals surface area contributed by atoms with E-state index in [-0.39, 0.29) is 18.3 Å². The molecule has 1 aromatic carbocycles. The molecule has 1 aromatic rings. The smallest absolute Gasteiger partial charge is 0.242 e. The molecule has 0 bridgehead atoms. The molecule has 0 heterocycles. The number of hydrogen-bond acceptors (Lipinski definition) is 3. The van der Waals surface area contributed by atoms with Gasteiger partial charge < -0.3 is 15.5 Å². The summed E-state index contributed by atoms with van der Waals surface area (Å²) in [5.41, 5.74) is 6.00. The Balaban J connectivity index is 2.06. The lowest BCUT2D eigenvalue weighted by molar-refractivity contribution is -0.128. The fourth-order valence-corrected chi connectivity index (χ4v) is 2.22. The van der Waals surface area contributed by atoms with Crippen LogP contribution < -0.4 is 10.6 Å². The molecule has 0 radical (unpaired) electrons. The van der Waals surface area contributed by atoms with Crippen LogP contribution in [-0.2, 0) is 4.79 Å². The molecule has 0 spiro atoms. The summed E-state index contributed by atoms with van der Waals surface area (Å²) in [4.78, 5) is 15.8. The topological polar surface area (TPSA) is 49.6 Å². The largest absolute Gasteiger partial charge is 0.360 e. The van der Waals surface area contributed by atoms with Gasteiger partial charge in [0, 0.05) is 19.6 Å². The molecule has 0 aromatic heterocycles. The Bertz CT molecular complexity index is 462. The van der Waals surface area contributed by atoms with Crippen LogP contribution in [0.25, 0.3) is 0 Å². The molecular formula is C15H22FN3O. The summed E-state index contributed by atoms with van der Waals surface area (Å²) in [7, 11) is 1.82. The maximum Gasteiger partial charge on any atom is 0.242 e. The summed E-state index contributed by atoms with van der Waals surface area (Å²) in [6.45, 7) is 1.31. The van der Waals surface area contributed by atoms with Crippen molar-refractivity contribution in [3.05, 3.63) is 30.1 Å². The molecule has 0 saturated heterocycles. The Morgan fingerprint density at radius 3 is 2.70 bits per heavy atom. The van der Waals surface area contributed by atoms with Gasteiger partial charge in [-0.15, -0.1) is 0 Å².